The smallest absolute Gasteiger partial charge is 0.242 e. The number of hydrogen-bond acceptors (Lipinski definition) is 4. The van der Waals surface area contributed by atoms with Gasteiger partial charge < -0.3 is 10.6 Å². The summed E-state index contributed by atoms with van der Waals surface area (Å²) in [6.07, 6.45) is 3.99. The summed E-state index contributed by atoms with van der Waals surface area (Å²) < 4.78 is 1.56. The summed E-state index contributed by atoms with van der Waals surface area (Å²) in [6.45, 7) is 0.928. The number of nitrogens with zero attached hydrogens (tertiary/aromatic N) is 3. The van der Waals surface area contributed by atoms with Crippen molar-refractivity contribution in [3.8, 4) is 0 Å². The van der Waals surface area contributed by atoms with E-state index >= 15 is 0 Å². The normalized spacial score (nSPS) is 15.3. The second-order valence-electron chi connectivity index (χ2n) is 3.78. The largest absolute Gasteiger partial charge is 0.352 e. The molecule has 2 rings (SSSR count). The van der Waals surface area contributed by atoms with Crippen LogP contribution in [0.5, 0.6) is 0 Å². The van der Waals surface area contributed by atoms with E-state index in [0.29, 0.717) is 12.6 Å². The van der Waals surface area contributed by atoms with E-state index in [2.05, 4.69) is 20.9 Å². The lowest BCUT2D eigenvalue weighted by atomic mass is 10.5. The molecular formula is C9H15N5O. The third-order valence-corrected chi connectivity index (χ3v) is 2.19. The Bertz CT molecular complexity index is 344. The van der Waals surface area contributed by atoms with E-state index in [4.69, 9.17) is 0 Å². The van der Waals surface area contributed by atoms with Gasteiger partial charge in [-0.25, -0.2) is 4.68 Å². The van der Waals surface area contributed by atoms with Crippen LogP contribution in [0, 0.1) is 0 Å². The van der Waals surface area contributed by atoms with Gasteiger partial charge in [-0.15, -0.1) is 5.10 Å². The van der Waals surface area contributed by atoms with Crippen molar-refractivity contribution < 1.29 is 4.79 Å². The van der Waals surface area contributed by atoms with Crippen LogP contribution in [0.1, 0.15) is 18.5 Å². The van der Waals surface area contributed by atoms with E-state index in [1.165, 1.54) is 0 Å². The van der Waals surface area contributed by atoms with Crippen LogP contribution < -0.4 is 10.6 Å². The number of rotatable bonds is 5. The Morgan fingerprint density at radius 2 is 2.47 bits per heavy atom. The molecule has 0 bridgehead atoms. The number of amides is 1. The lowest BCUT2D eigenvalue weighted by molar-refractivity contribution is -0.122. The van der Waals surface area contributed by atoms with Crippen LogP contribution in [0.3, 0.4) is 0 Å². The van der Waals surface area contributed by atoms with Gasteiger partial charge in [0.1, 0.15) is 6.54 Å². The van der Waals surface area contributed by atoms with Gasteiger partial charge >= 0.3 is 0 Å². The van der Waals surface area contributed by atoms with Crippen LogP contribution in [0.15, 0.2) is 6.20 Å². The van der Waals surface area contributed by atoms with E-state index in [1.807, 2.05) is 7.05 Å². The van der Waals surface area contributed by atoms with Crippen LogP contribution in [-0.4, -0.2) is 34.0 Å². The highest BCUT2D eigenvalue weighted by atomic mass is 16.2. The molecule has 6 heteroatoms. The number of nitrogens with one attached hydrogen (secondary N) is 2. The van der Waals surface area contributed by atoms with Crippen LogP contribution in [0.25, 0.3) is 0 Å². The summed E-state index contributed by atoms with van der Waals surface area (Å²) in [6, 6.07) is 0.401. The third-order valence-electron chi connectivity index (χ3n) is 2.19. The van der Waals surface area contributed by atoms with Gasteiger partial charge in [0.15, 0.2) is 0 Å². The monoisotopic (exact) mass is 209 g/mol. The first kappa shape index (κ1) is 10.1. The van der Waals surface area contributed by atoms with Gasteiger partial charge in [0, 0.05) is 12.6 Å². The maximum Gasteiger partial charge on any atom is 0.242 e. The Labute approximate surface area is 88.0 Å². The number of aromatic nitrogens is 3. The molecule has 1 aromatic rings. The van der Waals surface area contributed by atoms with Crippen molar-refractivity contribution in [3.63, 3.8) is 0 Å². The lowest BCUT2D eigenvalue weighted by Crippen LogP contribution is -2.29. The van der Waals surface area contributed by atoms with Gasteiger partial charge in [0.05, 0.1) is 11.9 Å². The van der Waals surface area contributed by atoms with Gasteiger partial charge in [-0.1, -0.05) is 5.21 Å². The predicted octanol–water partition coefficient (Wildman–Crippen LogP) is -0.724. The highest BCUT2D eigenvalue weighted by molar-refractivity contribution is 5.76. The van der Waals surface area contributed by atoms with Crippen LogP contribution in [0.4, 0.5) is 0 Å². The quantitative estimate of drug-likeness (QED) is 0.671. The summed E-state index contributed by atoms with van der Waals surface area (Å²) in [5.41, 5.74) is 0.844. The van der Waals surface area contributed by atoms with Crippen LogP contribution in [0.2, 0.25) is 0 Å². The molecule has 0 unspecified atom stereocenters. The van der Waals surface area contributed by atoms with Gasteiger partial charge in [0.25, 0.3) is 0 Å². The molecule has 2 N–H and O–H groups in total. The molecule has 1 aromatic heterocycles. The predicted molar refractivity (Wildman–Crippen MR) is 54.0 cm³/mol. The minimum Gasteiger partial charge on any atom is -0.352 e. The van der Waals surface area contributed by atoms with Gasteiger partial charge in [-0.3, -0.25) is 4.79 Å². The molecule has 0 aliphatic heterocycles. The average Bonchev–Trinajstić information content (AvgIpc) is 2.88. The first-order valence-corrected chi connectivity index (χ1v) is 5.11. The number of hydrogen-bond donors (Lipinski definition) is 2. The molecule has 0 aromatic carbocycles. The third kappa shape index (κ3) is 3.02. The molecular weight excluding hydrogens is 194 g/mol. The second kappa shape index (κ2) is 4.39. The van der Waals surface area contributed by atoms with E-state index in [9.17, 15) is 4.79 Å². The van der Waals surface area contributed by atoms with Crippen LogP contribution >= 0.6 is 0 Å². The van der Waals surface area contributed by atoms with Crippen molar-refractivity contribution in [1.82, 2.24) is 25.6 Å². The summed E-state index contributed by atoms with van der Waals surface area (Å²) in [5.74, 6) is 0.0124. The highest BCUT2D eigenvalue weighted by Crippen LogP contribution is 2.18. The summed E-state index contributed by atoms with van der Waals surface area (Å²) in [4.78, 5) is 11.4. The van der Waals surface area contributed by atoms with E-state index in [-0.39, 0.29) is 12.5 Å². The zero-order valence-electron chi connectivity index (χ0n) is 8.73. The minimum absolute atomic E-state index is 0.0124. The molecule has 6 nitrogen and oxygen atoms in total. The molecule has 1 fully saturated rings. The fraction of sp³-hybridized carbons (Fsp3) is 0.667. The van der Waals surface area contributed by atoms with Crippen LogP contribution in [-0.2, 0) is 17.9 Å². The zero-order chi connectivity index (χ0) is 10.7. The molecule has 1 aliphatic rings. The molecule has 0 spiro atoms. The Balaban J connectivity index is 1.83. The lowest BCUT2D eigenvalue weighted by Gasteiger charge is -2.01. The second-order valence-corrected chi connectivity index (χ2v) is 3.78. The SMILES string of the molecule is CNCc1cn(CC(=O)NC2CC2)nn1. The summed E-state index contributed by atoms with van der Waals surface area (Å²) in [5, 5.41) is 13.7. The molecule has 0 saturated heterocycles. The highest BCUT2D eigenvalue weighted by Gasteiger charge is 2.23. The molecule has 1 aliphatic carbocycles. The van der Waals surface area contributed by atoms with Crippen molar-refractivity contribution in [2.24, 2.45) is 0 Å². The van der Waals surface area contributed by atoms with Gasteiger partial charge in [-0.2, -0.15) is 0 Å². The number of carbonyl (C=O) groups excluding carboxylic acids is 1. The topological polar surface area (TPSA) is 71.8 Å². The maximum atomic E-state index is 11.4. The summed E-state index contributed by atoms with van der Waals surface area (Å²) in [7, 11) is 1.85. The fourth-order valence-electron chi connectivity index (χ4n) is 1.33. The van der Waals surface area contributed by atoms with E-state index in [0.717, 1.165) is 18.5 Å². The molecule has 0 atom stereocenters. The van der Waals surface area contributed by atoms with Crippen molar-refractivity contribution in [2.45, 2.75) is 32.0 Å². The Kier molecular flexibility index (Phi) is 2.96. The standard InChI is InChI=1S/C9H15N5O/c1-10-4-8-5-14(13-12-8)6-9(15)11-7-2-3-7/h5,7,10H,2-4,6H2,1H3,(H,11,15). The molecule has 15 heavy (non-hydrogen) atoms. The number of carbonyl (C=O) groups is 1. The van der Waals surface area contributed by atoms with Crippen molar-refractivity contribution in [3.05, 3.63) is 11.9 Å². The Morgan fingerprint density at radius 1 is 1.67 bits per heavy atom. The molecule has 0 radical (unpaired) electrons. The molecule has 82 valence electrons. The molecule has 1 saturated carbocycles. The van der Waals surface area contributed by atoms with Gasteiger partial charge in [0.2, 0.25) is 5.91 Å². The zero-order valence-corrected chi connectivity index (χ0v) is 8.73. The summed E-state index contributed by atoms with van der Waals surface area (Å²) >= 11 is 0. The van der Waals surface area contributed by atoms with Crippen molar-refractivity contribution in [1.29, 1.82) is 0 Å². The first-order valence-electron chi connectivity index (χ1n) is 5.11. The minimum atomic E-state index is 0.0124. The maximum absolute atomic E-state index is 11.4. The Hall–Kier alpha value is -1.43. The van der Waals surface area contributed by atoms with E-state index in [1.54, 1.807) is 10.9 Å². The fourth-order valence-corrected chi connectivity index (χ4v) is 1.33. The Morgan fingerprint density at radius 3 is 3.13 bits per heavy atom. The molecule has 1 heterocycles. The van der Waals surface area contributed by atoms with Gasteiger partial charge in [-0.05, 0) is 19.9 Å². The van der Waals surface area contributed by atoms with E-state index < -0.39 is 0 Å². The molecule has 1 amide bonds. The average molecular weight is 209 g/mol. The van der Waals surface area contributed by atoms with Crippen molar-refractivity contribution >= 4 is 5.91 Å². The van der Waals surface area contributed by atoms with Crippen molar-refractivity contribution in [2.75, 3.05) is 7.05 Å². The first-order chi connectivity index (χ1) is 7.28.